The molecule has 5 heteroatoms. The summed E-state index contributed by atoms with van der Waals surface area (Å²) >= 11 is 0. The normalized spacial score (nSPS) is 17.4. The molecule has 0 aromatic heterocycles. The van der Waals surface area contributed by atoms with Crippen LogP contribution in [0.3, 0.4) is 0 Å². The van der Waals surface area contributed by atoms with Gasteiger partial charge >= 0.3 is 12.0 Å². The molecule has 0 saturated heterocycles. The van der Waals surface area contributed by atoms with Crippen LogP contribution in [0.2, 0.25) is 0 Å². The largest absolute Gasteiger partial charge is 0.481 e. The van der Waals surface area contributed by atoms with E-state index in [0.29, 0.717) is 19.5 Å². The fourth-order valence-electron chi connectivity index (χ4n) is 2.17. The van der Waals surface area contributed by atoms with Crippen LogP contribution in [0, 0.1) is 11.3 Å². The van der Waals surface area contributed by atoms with E-state index in [1.807, 2.05) is 0 Å². The summed E-state index contributed by atoms with van der Waals surface area (Å²) in [5.41, 5.74) is 1.56. The molecule has 114 valence electrons. The summed E-state index contributed by atoms with van der Waals surface area (Å²) in [6.07, 6.45) is 3.49. The van der Waals surface area contributed by atoms with Crippen molar-refractivity contribution < 1.29 is 14.7 Å². The minimum absolute atomic E-state index is 0.105. The van der Waals surface area contributed by atoms with Gasteiger partial charge in [-0.15, -0.1) is 0 Å². The second-order valence-corrected chi connectivity index (χ2v) is 6.44. The Morgan fingerprint density at radius 1 is 1.45 bits per heavy atom. The van der Waals surface area contributed by atoms with Crippen LogP contribution in [0.1, 0.15) is 40.5 Å². The van der Waals surface area contributed by atoms with Gasteiger partial charge in [0.15, 0.2) is 0 Å². The van der Waals surface area contributed by atoms with Gasteiger partial charge < -0.3 is 15.3 Å². The summed E-state index contributed by atoms with van der Waals surface area (Å²) in [5, 5.41) is 11.6. The van der Waals surface area contributed by atoms with Crippen molar-refractivity contribution in [2.24, 2.45) is 11.3 Å². The molecular weight excluding hydrogens is 256 g/mol. The molecule has 2 amide bonds. The van der Waals surface area contributed by atoms with Crippen LogP contribution in [0.5, 0.6) is 0 Å². The number of rotatable bonds is 4. The van der Waals surface area contributed by atoms with Gasteiger partial charge in [-0.25, -0.2) is 4.79 Å². The number of urea groups is 1. The van der Waals surface area contributed by atoms with E-state index in [0.717, 1.165) is 13.0 Å². The topological polar surface area (TPSA) is 69.6 Å². The lowest BCUT2D eigenvalue weighted by atomic mass is 9.83. The van der Waals surface area contributed by atoms with Crippen LogP contribution >= 0.6 is 0 Å². The molecule has 5 nitrogen and oxygen atoms in total. The van der Waals surface area contributed by atoms with Gasteiger partial charge in [-0.05, 0) is 18.3 Å². The summed E-state index contributed by atoms with van der Waals surface area (Å²) in [6.45, 7) is 9.95. The average Bonchev–Trinajstić information content (AvgIpc) is 2.37. The fraction of sp³-hybridized carbons (Fsp3) is 0.733. The highest BCUT2D eigenvalue weighted by Crippen LogP contribution is 2.29. The third kappa shape index (κ3) is 4.87. The molecule has 0 spiro atoms. The second kappa shape index (κ2) is 6.77. The number of carbonyl (C=O) groups excluding carboxylic acids is 1. The minimum atomic E-state index is -0.824. The lowest BCUT2D eigenvalue weighted by Gasteiger charge is -2.32. The highest BCUT2D eigenvalue weighted by atomic mass is 16.4. The Bertz CT molecular complexity index is 396. The van der Waals surface area contributed by atoms with Gasteiger partial charge in [-0.2, -0.15) is 0 Å². The summed E-state index contributed by atoms with van der Waals surface area (Å²) < 4.78 is 0. The van der Waals surface area contributed by atoms with E-state index in [2.05, 4.69) is 32.2 Å². The number of nitrogens with zero attached hydrogens (tertiary/aromatic N) is 1. The van der Waals surface area contributed by atoms with E-state index in [9.17, 15) is 9.59 Å². The first-order valence-electron chi connectivity index (χ1n) is 7.17. The number of hydrogen-bond donors (Lipinski definition) is 2. The maximum absolute atomic E-state index is 11.9. The average molecular weight is 282 g/mol. The number of carbonyl (C=O) groups is 2. The van der Waals surface area contributed by atoms with E-state index in [1.165, 1.54) is 5.57 Å². The van der Waals surface area contributed by atoms with Gasteiger partial charge in [-0.1, -0.05) is 39.3 Å². The Morgan fingerprint density at radius 3 is 2.55 bits per heavy atom. The standard InChI is InChI=1S/C15H26N2O3/c1-11(13(18)19)5-8-16-14(20)17-9-6-12(7-10-17)15(2,3)4/h6,11H,5,7-10H2,1-4H3,(H,16,20)(H,18,19). The number of nitrogens with one attached hydrogen (secondary N) is 1. The Hall–Kier alpha value is -1.52. The first-order chi connectivity index (χ1) is 9.21. The van der Waals surface area contributed by atoms with E-state index < -0.39 is 11.9 Å². The highest BCUT2D eigenvalue weighted by Gasteiger charge is 2.23. The molecule has 0 aliphatic carbocycles. The molecule has 0 fully saturated rings. The maximum atomic E-state index is 11.9. The third-order valence-electron chi connectivity index (χ3n) is 3.73. The molecule has 1 heterocycles. The monoisotopic (exact) mass is 282 g/mol. The number of carboxylic acids is 1. The van der Waals surface area contributed by atoms with Gasteiger partial charge in [0.05, 0.1) is 5.92 Å². The second-order valence-electron chi connectivity index (χ2n) is 6.44. The Balaban J connectivity index is 2.36. The number of carboxylic acid groups (broad SMARTS) is 1. The van der Waals surface area contributed by atoms with Gasteiger partial charge in [0.1, 0.15) is 0 Å². The third-order valence-corrected chi connectivity index (χ3v) is 3.73. The predicted octanol–water partition coefficient (Wildman–Crippen LogP) is 2.49. The van der Waals surface area contributed by atoms with Crippen LogP contribution in [0.15, 0.2) is 11.6 Å². The van der Waals surface area contributed by atoms with Gasteiger partial charge in [0, 0.05) is 19.6 Å². The zero-order valence-corrected chi connectivity index (χ0v) is 12.9. The number of aliphatic carboxylic acids is 1. The number of amides is 2. The van der Waals surface area contributed by atoms with Gasteiger partial charge in [0.2, 0.25) is 0 Å². The first kappa shape index (κ1) is 16.5. The first-order valence-corrected chi connectivity index (χ1v) is 7.17. The van der Waals surface area contributed by atoms with Crippen LogP contribution in [-0.2, 0) is 4.79 Å². The Labute approximate surface area is 121 Å². The molecule has 0 aromatic rings. The summed E-state index contributed by atoms with van der Waals surface area (Å²) in [6, 6.07) is -0.105. The van der Waals surface area contributed by atoms with Crippen LogP contribution in [0.25, 0.3) is 0 Å². The Kier molecular flexibility index (Phi) is 5.60. The molecule has 0 saturated carbocycles. The summed E-state index contributed by atoms with van der Waals surface area (Å²) in [5.74, 6) is -1.25. The molecule has 1 aliphatic rings. The van der Waals surface area contributed by atoms with E-state index >= 15 is 0 Å². The lowest BCUT2D eigenvalue weighted by molar-refractivity contribution is -0.141. The van der Waals surface area contributed by atoms with E-state index in [4.69, 9.17) is 5.11 Å². The van der Waals surface area contributed by atoms with Crippen LogP contribution in [-0.4, -0.2) is 41.6 Å². The Morgan fingerprint density at radius 2 is 2.10 bits per heavy atom. The van der Waals surface area contributed by atoms with E-state index in [-0.39, 0.29) is 11.4 Å². The van der Waals surface area contributed by atoms with Crippen LogP contribution < -0.4 is 5.32 Å². The molecule has 0 radical (unpaired) electrons. The van der Waals surface area contributed by atoms with Crippen LogP contribution in [0.4, 0.5) is 4.79 Å². The van der Waals surface area contributed by atoms with Gasteiger partial charge in [0.25, 0.3) is 0 Å². The number of hydrogen-bond acceptors (Lipinski definition) is 2. The molecule has 0 bridgehead atoms. The lowest BCUT2D eigenvalue weighted by Crippen LogP contribution is -2.43. The zero-order valence-electron chi connectivity index (χ0n) is 12.9. The van der Waals surface area contributed by atoms with Crippen molar-refractivity contribution in [3.8, 4) is 0 Å². The van der Waals surface area contributed by atoms with Crippen molar-refractivity contribution in [1.29, 1.82) is 0 Å². The summed E-state index contributed by atoms with van der Waals surface area (Å²) in [7, 11) is 0. The maximum Gasteiger partial charge on any atom is 0.317 e. The fourth-order valence-corrected chi connectivity index (χ4v) is 2.17. The quantitative estimate of drug-likeness (QED) is 0.778. The molecule has 1 unspecified atom stereocenters. The van der Waals surface area contributed by atoms with Crippen molar-refractivity contribution in [1.82, 2.24) is 10.2 Å². The van der Waals surface area contributed by atoms with Crippen molar-refractivity contribution in [2.45, 2.75) is 40.5 Å². The molecule has 20 heavy (non-hydrogen) atoms. The smallest absolute Gasteiger partial charge is 0.317 e. The predicted molar refractivity (Wildman–Crippen MR) is 78.5 cm³/mol. The van der Waals surface area contributed by atoms with Crippen molar-refractivity contribution >= 4 is 12.0 Å². The van der Waals surface area contributed by atoms with E-state index in [1.54, 1.807) is 11.8 Å². The zero-order chi connectivity index (χ0) is 15.3. The highest BCUT2D eigenvalue weighted by molar-refractivity contribution is 5.74. The van der Waals surface area contributed by atoms with Gasteiger partial charge in [-0.3, -0.25) is 4.79 Å². The molecule has 2 N–H and O–H groups in total. The summed E-state index contributed by atoms with van der Waals surface area (Å²) in [4.78, 5) is 24.4. The molecular formula is C15H26N2O3. The molecule has 0 aromatic carbocycles. The molecule has 1 atom stereocenters. The van der Waals surface area contributed by atoms with Crippen molar-refractivity contribution in [3.05, 3.63) is 11.6 Å². The SMILES string of the molecule is CC(CCNC(=O)N1CC=C(C(C)(C)C)CC1)C(=O)O. The molecule has 1 aliphatic heterocycles. The molecule has 1 rings (SSSR count). The minimum Gasteiger partial charge on any atom is -0.481 e. The van der Waals surface area contributed by atoms with Crippen molar-refractivity contribution in [3.63, 3.8) is 0 Å². The van der Waals surface area contributed by atoms with Crippen molar-refractivity contribution in [2.75, 3.05) is 19.6 Å².